The zero-order valence-electron chi connectivity index (χ0n) is 18.8. The van der Waals surface area contributed by atoms with Crippen LogP contribution in [0.1, 0.15) is 40.7 Å². The van der Waals surface area contributed by atoms with Crippen molar-refractivity contribution in [3.8, 4) is 0 Å². The van der Waals surface area contributed by atoms with Crippen LogP contribution in [0.4, 0.5) is 0 Å². The van der Waals surface area contributed by atoms with Gasteiger partial charge in [-0.05, 0) is 93.3 Å². The van der Waals surface area contributed by atoms with Gasteiger partial charge in [0.05, 0.1) is 4.90 Å². The Bertz CT molecular complexity index is 1140. The third-order valence-corrected chi connectivity index (χ3v) is 10.2. The zero-order chi connectivity index (χ0) is 23.0. The third-order valence-electron chi connectivity index (χ3n) is 6.61. The van der Waals surface area contributed by atoms with Gasteiger partial charge in [0.15, 0.2) is 0 Å². The molecule has 1 aliphatic heterocycles. The minimum atomic E-state index is -3.66. The molecule has 2 aromatic rings. The van der Waals surface area contributed by atoms with Crippen LogP contribution in [0, 0.1) is 40.5 Å². The Morgan fingerprint density at radius 2 is 1.48 bits per heavy atom. The number of piperidine rings is 1. The molecule has 0 spiro atoms. The molecule has 1 aromatic heterocycles. The smallest absolute Gasteiger partial charge is 0.244 e. The normalized spacial score (nSPS) is 16.5. The maximum absolute atomic E-state index is 13.1. The summed E-state index contributed by atoms with van der Waals surface area (Å²) in [6, 6.07) is 3.14. The Morgan fingerprint density at radius 3 is 2.00 bits per heavy atom. The minimum Gasteiger partial charge on any atom is -0.263 e. The van der Waals surface area contributed by atoms with Crippen LogP contribution in [0.25, 0.3) is 0 Å². The Hall–Kier alpha value is -1.81. The molecule has 0 bridgehead atoms. The van der Waals surface area contributed by atoms with E-state index in [9.17, 15) is 16.8 Å². The first-order valence-electron chi connectivity index (χ1n) is 10.4. The Kier molecular flexibility index (Phi) is 6.90. The lowest BCUT2D eigenvalue weighted by molar-refractivity contribution is 0.274. The van der Waals surface area contributed by atoms with Crippen molar-refractivity contribution in [2.45, 2.75) is 57.3 Å². The molecule has 0 atom stereocenters. The molecule has 0 saturated carbocycles. The molecule has 170 valence electrons. The molecular formula is C22H31N3O4S2. The highest BCUT2D eigenvalue weighted by atomic mass is 32.2. The van der Waals surface area contributed by atoms with Crippen LogP contribution in [-0.2, 0) is 20.0 Å². The van der Waals surface area contributed by atoms with E-state index in [1.807, 2.05) is 34.6 Å². The first-order valence-corrected chi connectivity index (χ1v) is 13.4. The van der Waals surface area contributed by atoms with Crippen molar-refractivity contribution >= 4 is 20.0 Å². The van der Waals surface area contributed by atoms with Crippen LogP contribution in [0.5, 0.6) is 0 Å². The molecule has 0 radical (unpaired) electrons. The minimum absolute atomic E-state index is 0.0865. The van der Waals surface area contributed by atoms with Gasteiger partial charge >= 0.3 is 0 Å². The third kappa shape index (κ3) is 4.69. The van der Waals surface area contributed by atoms with E-state index in [2.05, 4.69) is 9.71 Å². The van der Waals surface area contributed by atoms with Crippen LogP contribution >= 0.6 is 0 Å². The number of nitrogens with one attached hydrogen (secondary N) is 1. The van der Waals surface area contributed by atoms with E-state index in [0.717, 1.165) is 27.8 Å². The van der Waals surface area contributed by atoms with Gasteiger partial charge in [-0.3, -0.25) is 4.98 Å². The van der Waals surface area contributed by atoms with Crippen LogP contribution < -0.4 is 4.72 Å². The summed E-state index contributed by atoms with van der Waals surface area (Å²) in [5.74, 6) is 0.0865. The van der Waals surface area contributed by atoms with Gasteiger partial charge in [0.1, 0.15) is 4.90 Å². The topological polar surface area (TPSA) is 96.4 Å². The second kappa shape index (κ2) is 8.97. The lowest BCUT2D eigenvalue weighted by atomic mass is 9.95. The summed E-state index contributed by atoms with van der Waals surface area (Å²) >= 11 is 0. The van der Waals surface area contributed by atoms with E-state index < -0.39 is 20.0 Å². The van der Waals surface area contributed by atoms with Crippen molar-refractivity contribution in [2.24, 2.45) is 5.92 Å². The Morgan fingerprint density at radius 1 is 0.935 bits per heavy atom. The van der Waals surface area contributed by atoms with Gasteiger partial charge < -0.3 is 0 Å². The summed E-state index contributed by atoms with van der Waals surface area (Å²) in [6.07, 6.45) is 4.10. The molecule has 9 heteroatoms. The van der Waals surface area contributed by atoms with E-state index in [1.165, 1.54) is 16.7 Å². The second-order valence-electron chi connectivity index (χ2n) is 8.34. The Labute approximate surface area is 186 Å². The van der Waals surface area contributed by atoms with Gasteiger partial charge in [-0.1, -0.05) is 0 Å². The monoisotopic (exact) mass is 465 g/mol. The predicted molar refractivity (Wildman–Crippen MR) is 121 cm³/mol. The number of nitrogens with zero attached hydrogens (tertiary/aromatic N) is 2. The molecule has 1 aromatic carbocycles. The summed E-state index contributed by atoms with van der Waals surface area (Å²) < 4.78 is 55.9. The molecule has 31 heavy (non-hydrogen) atoms. The van der Waals surface area contributed by atoms with Crippen LogP contribution in [0.15, 0.2) is 34.3 Å². The zero-order valence-corrected chi connectivity index (χ0v) is 20.4. The molecule has 1 N–H and O–H groups in total. The summed E-state index contributed by atoms with van der Waals surface area (Å²) in [4.78, 5) is 4.45. The number of sulfonamides is 2. The predicted octanol–water partition coefficient (Wildman–Crippen LogP) is 3.00. The number of rotatable bonds is 6. The second-order valence-corrected chi connectivity index (χ2v) is 12.0. The average Bonchev–Trinajstić information content (AvgIpc) is 2.76. The fraction of sp³-hybridized carbons (Fsp3) is 0.500. The standard InChI is InChI=1S/C22H31N3O4S2/c1-15-16(2)18(4)22(19(5)17(15)3)30(26,27)24-13-20-8-11-25(12-9-20)31(28,29)21-7-6-10-23-14-21/h6-7,10,14,20,24H,8-9,11-13H2,1-5H3. The van der Waals surface area contributed by atoms with E-state index in [4.69, 9.17) is 0 Å². The molecule has 1 saturated heterocycles. The van der Waals surface area contributed by atoms with Crippen molar-refractivity contribution in [1.29, 1.82) is 0 Å². The molecule has 0 unspecified atom stereocenters. The molecule has 1 fully saturated rings. The lowest BCUT2D eigenvalue weighted by Crippen LogP contribution is -2.41. The highest BCUT2D eigenvalue weighted by Crippen LogP contribution is 2.30. The van der Waals surface area contributed by atoms with Crippen molar-refractivity contribution < 1.29 is 16.8 Å². The molecule has 3 rings (SSSR count). The van der Waals surface area contributed by atoms with Gasteiger partial charge in [0, 0.05) is 32.0 Å². The SMILES string of the molecule is Cc1c(C)c(C)c(S(=O)(=O)NCC2CCN(S(=O)(=O)c3cccnc3)CC2)c(C)c1C. The molecular weight excluding hydrogens is 434 g/mol. The van der Waals surface area contributed by atoms with Crippen molar-refractivity contribution in [1.82, 2.24) is 14.0 Å². The van der Waals surface area contributed by atoms with Crippen LogP contribution in [0.2, 0.25) is 0 Å². The van der Waals surface area contributed by atoms with Gasteiger partial charge in [-0.15, -0.1) is 0 Å². The quantitative estimate of drug-likeness (QED) is 0.707. The molecule has 2 heterocycles. The number of benzene rings is 1. The van der Waals surface area contributed by atoms with Crippen molar-refractivity contribution in [3.63, 3.8) is 0 Å². The molecule has 0 amide bonds. The van der Waals surface area contributed by atoms with Gasteiger partial charge in [0.2, 0.25) is 20.0 Å². The summed E-state index contributed by atoms with van der Waals surface area (Å²) in [5, 5.41) is 0. The van der Waals surface area contributed by atoms with E-state index in [1.54, 1.807) is 12.1 Å². The fourth-order valence-electron chi connectivity index (χ4n) is 4.17. The number of pyridine rings is 1. The largest absolute Gasteiger partial charge is 0.263 e. The fourth-order valence-corrected chi connectivity index (χ4v) is 7.32. The first-order chi connectivity index (χ1) is 14.5. The van der Waals surface area contributed by atoms with E-state index in [-0.39, 0.29) is 10.8 Å². The van der Waals surface area contributed by atoms with Gasteiger partial charge in [0.25, 0.3) is 0 Å². The lowest BCUT2D eigenvalue weighted by Gasteiger charge is -2.31. The highest BCUT2D eigenvalue weighted by molar-refractivity contribution is 7.89. The molecule has 7 nitrogen and oxygen atoms in total. The summed E-state index contributed by atoms with van der Waals surface area (Å²) in [7, 11) is -7.22. The maximum Gasteiger partial charge on any atom is 0.244 e. The Balaban J connectivity index is 1.68. The summed E-state index contributed by atoms with van der Waals surface area (Å²) in [5.41, 5.74) is 4.68. The first kappa shape index (κ1) is 23.8. The number of hydrogen-bond acceptors (Lipinski definition) is 5. The number of hydrogen-bond donors (Lipinski definition) is 1. The summed E-state index contributed by atoms with van der Waals surface area (Å²) in [6.45, 7) is 10.7. The maximum atomic E-state index is 13.1. The van der Waals surface area contributed by atoms with E-state index in [0.29, 0.717) is 37.4 Å². The molecule has 1 aliphatic rings. The number of aromatic nitrogens is 1. The van der Waals surface area contributed by atoms with Gasteiger partial charge in [-0.25, -0.2) is 21.6 Å². The van der Waals surface area contributed by atoms with Crippen molar-refractivity contribution in [2.75, 3.05) is 19.6 Å². The van der Waals surface area contributed by atoms with Crippen LogP contribution in [-0.4, -0.2) is 45.8 Å². The van der Waals surface area contributed by atoms with E-state index >= 15 is 0 Å². The van der Waals surface area contributed by atoms with Crippen molar-refractivity contribution in [3.05, 3.63) is 52.3 Å². The molecule has 0 aliphatic carbocycles. The average molecular weight is 466 g/mol. The van der Waals surface area contributed by atoms with Crippen LogP contribution in [0.3, 0.4) is 0 Å². The van der Waals surface area contributed by atoms with Gasteiger partial charge in [-0.2, -0.15) is 4.31 Å². The highest BCUT2D eigenvalue weighted by Gasteiger charge is 2.31.